The van der Waals surface area contributed by atoms with E-state index in [9.17, 15) is 19.5 Å². The Kier molecular flexibility index (Phi) is 9.94. The number of thioether (sulfide) groups is 1. The number of hydrogen-bond acceptors (Lipinski definition) is 5. The lowest BCUT2D eigenvalue weighted by Gasteiger charge is -2.41. The molecule has 0 radical (unpaired) electrons. The van der Waals surface area contributed by atoms with Crippen LogP contribution in [0.15, 0.2) is 86.0 Å². The zero-order valence-corrected chi connectivity index (χ0v) is 27.6. The summed E-state index contributed by atoms with van der Waals surface area (Å²) in [5.41, 5.74) is 1.77. The van der Waals surface area contributed by atoms with Gasteiger partial charge in [-0.3, -0.25) is 14.4 Å². The lowest BCUT2D eigenvalue weighted by molar-refractivity contribution is -0.148. The lowest BCUT2D eigenvalue weighted by Crippen LogP contribution is -2.57. The number of nitrogens with zero attached hydrogens (tertiary/aromatic N) is 3. The minimum atomic E-state index is -0.821. The van der Waals surface area contributed by atoms with Crippen LogP contribution in [0.2, 0.25) is 0 Å². The van der Waals surface area contributed by atoms with Gasteiger partial charge in [-0.1, -0.05) is 86.2 Å². The van der Waals surface area contributed by atoms with Crippen molar-refractivity contribution in [3.8, 4) is 0 Å². The summed E-state index contributed by atoms with van der Waals surface area (Å²) in [5, 5.41) is 10.8. The summed E-state index contributed by atoms with van der Waals surface area (Å²) in [6, 6.07) is 17.7. The monoisotopic (exact) mass is 629 g/mol. The molecule has 2 aromatic rings. The van der Waals surface area contributed by atoms with E-state index in [-0.39, 0.29) is 30.4 Å². The predicted molar refractivity (Wildman–Crippen MR) is 180 cm³/mol. The summed E-state index contributed by atoms with van der Waals surface area (Å²) in [7, 11) is 0. The van der Waals surface area contributed by atoms with Gasteiger partial charge >= 0.3 is 0 Å². The largest absolute Gasteiger partial charge is 0.394 e. The van der Waals surface area contributed by atoms with Crippen LogP contribution >= 0.6 is 11.8 Å². The molecule has 3 aliphatic rings. The molecular weight excluding hydrogens is 582 g/mol. The lowest BCUT2D eigenvalue weighted by atomic mass is 9.66. The SMILES string of the molecule is C=CCN(Cc1ccccc1)C(=O)[C@H]1[C@H]2C(=O)N([C@H](CO)c3ccccc3)C(C(=O)N(CC=C)C(C)CCC)C23CC[C@]1(C)S3. The third-order valence-electron chi connectivity index (χ3n) is 10.1. The average Bonchev–Trinajstić information content (AvgIpc) is 3.61. The third kappa shape index (κ3) is 5.76. The van der Waals surface area contributed by atoms with Crippen LogP contribution < -0.4 is 0 Å². The van der Waals surface area contributed by atoms with Gasteiger partial charge in [0, 0.05) is 30.4 Å². The van der Waals surface area contributed by atoms with Gasteiger partial charge in [-0.15, -0.1) is 24.9 Å². The first-order valence-electron chi connectivity index (χ1n) is 16.2. The molecule has 2 aromatic carbocycles. The zero-order chi connectivity index (χ0) is 32.4. The zero-order valence-electron chi connectivity index (χ0n) is 26.8. The maximum atomic E-state index is 15.0. The van der Waals surface area contributed by atoms with E-state index in [2.05, 4.69) is 27.0 Å². The number of benzene rings is 2. The Morgan fingerprint density at radius 3 is 2.29 bits per heavy atom. The fourth-order valence-corrected chi connectivity index (χ4v) is 10.5. The van der Waals surface area contributed by atoms with Gasteiger partial charge < -0.3 is 19.8 Å². The van der Waals surface area contributed by atoms with E-state index in [0.717, 1.165) is 30.4 Å². The number of aliphatic hydroxyl groups excluding tert-OH is 1. The molecule has 3 heterocycles. The van der Waals surface area contributed by atoms with Gasteiger partial charge in [0.1, 0.15) is 6.04 Å². The summed E-state index contributed by atoms with van der Waals surface area (Å²) in [5.74, 6) is -1.72. The molecule has 7 nitrogen and oxygen atoms in total. The fourth-order valence-electron chi connectivity index (χ4n) is 8.13. The summed E-state index contributed by atoms with van der Waals surface area (Å²) in [6.45, 7) is 14.9. The molecule has 2 bridgehead atoms. The highest BCUT2D eigenvalue weighted by molar-refractivity contribution is 8.02. The van der Waals surface area contributed by atoms with Crippen molar-refractivity contribution >= 4 is 29.5 Å². The molecule has 0 aromatic heterocycles. The van der Waals surface area contributed by atoms with E-state index in [1.807, 2.05) is 72.5 Å². The predicted octanol–water partition coefficient (Wildman–Crippen LogP) is 5.62. The van der Waals surface area contributed by atoms with Crippen molar-refractivity contribution < 1.29 is 19.5 Å². The molecule has 1 spiro atoms. The van der Waals surface area contributed by atoms with Crippen LogP contribution in [0.25, 0.3) is 0 Å². The van der Waals surface area contributed by atoms with Crippen molar-refractivity contribution in [1.82, 2.24) is 14.7 Å². The molecule has 240 valence electrons. The standard InChI is InChI=1S/C37H47N3O4S/c1-6-15-26(4)39(23-8-3)35(44)32-37-21-20-36(5,45-37)30(33(42)38(22-7-2)24-27-16-11-9-12-17-27)31(37)34(43)40(32)29(25-41)28-18-13-10-14-19-28/h7-14,16-19,26,29-32,41H,2-3,6,15,20-25H2,1,4-5H3/t26?,29-,30-,31+,32?,36+,37?/m1/s1. The van der Waals surface area contributed by atoms with Crippen molar-refractivity contribution in [3.05, 3.63) is 97.1 Å². The molecule has 1 N–H and O–H groups in total. The van der Waals surface area contributed by atoms with Gasteiger partial charge in [0.25, 0.3) is 0 Å². The first kappa shape index (κ1) is 33.0. The maximum absolute atomic E-state index is 15.0. The van der Waals surface area contributed by atoms with Gasteiger partial charge in [0.15, 0.2) is 0 Å². The molecule has 3 amide bonds. The van der Waals surface area contributed by atoms with Crippen LogP contribution in [0.3, 0.4) is 0 Å². The Morgan fingerprint density at radius 1 is 1.04 bits per heavy atom. The molecule has 0 saturated carbocycles. The van der Waals surface area contributed by atoms with Crippen LogP contribution in [0.5, 0.6) is 0 Å². The maximum Gasteiger partial charge on any atom is 0.247 e. The number of amides is 3. The molecule has 7 atom stereocenters. The normalized spacial score (nSPS) is 28.0. The number of likely N-dealkylation sites (tertiary alicyclic amines) is 1. The van der Waals surface area contributed by atoms with Crippen molar-refractivity contribution in [3.63, 3.8) is 0 Å². The van der Waals surface area contributed by atoms with Gasteiger partial charge in [0.2, 0.25) is 17.7 Å². The molecule has 3 saturated heterocycles. The summed E-state index contributed by atoms with van der Waals surface area (Å²) in [4.78, 5) is 49.9. The van der Waals surface area contributed by atoms with Crippen molar-refractivity contribution in [2.24, 2.45) is 11.8 Å². The molecule has 3 aliphatic heterocycles. The van der Waals surface area contributed by atoms with Gasteiger partial charge in [-0.05, 0) is 44.2 Å². The molecule has 3 fully saturated rings. The Hall–Kier alpha value is -3.36. The molecule has 3 unspecified atom stereocenters. The minimum Gasteiger partial charge on any atom is -0.394 e. The smallest absolute Gasteiger partial charge is 0.247 e. The van der Waals surface area contributed by atoms with E-state index >= 15 is 0 Å². The molecule has 45 heavy (non-hydrogen) atoms. The third-order valence-corrected chi connectivity index (χ3v) is 12.1. The Labute approximate surface area is 272 Å². The summed E-state index contributed by atoms with van der Waals surface area (Å²) >= 11 is 1.67. The van der Waals surface area contributed by atoms with E-state index in [1.54, 1.807) is 33.7 Å². The van der Waals surface area contributed by atoms with E-state index in [0.29, 0.717) is 26.1 Å². The van der Waals surface area contributed by atoms with Crippen molar-refractivity contribution in [1.29, 1.82) is 0 Å². The second-order valence-electron chi connectivity index (χ2n) is 13.0. The Balaban J connectivity index is 1.62. The number of hydrogen-bond donors (Lipinski definition) is 1. The highest BCUT2D eigenvalue weighted by Gasteiger charge is 2.78. The van der Waals surface area contributed by atoms with Crippen LogP contribution in [0.4, 0.5) is 0 Å². The van der Waals surface area contributed by atoms with Crippen molar-refractivity contribution in [2.75, 3.05) is 19.7 Å². The molecule has 5 rings (SSSR count). The minimum absolute atomic E-state index is 0.0530. The van der Waals surface area contributed by atoms with E-state index in [4.69, 9.17) is 0 Å². The summed E-state index contributed by atoms with van der Waals surface area (Å²) in [6.07, 6.45) is 6.58. The average molecular weight is 630 g/mol. The second-order valence-corrected chi connectivity index (χ2v) is 14.9. The number of carbonyl (C=O) groups is 3. The second kappa shape index (κ2) is 13.6. The number of carbonyl (C=O) groups excluding carboxylic acids is 3. The molecular formula is C37H47N3O4S. The molecule has 0 aliphatic carbocycles. The van der Waals surface area contributed by atoms with Crippen LogP contribution in [-0.4, -0.2) is 78.8 Å². The molecule has 8 heteroatoms. The first-order chi connectivity index (χ1) is 21.7. The fraction of sp³-hybridized carbons (Fsp3) is 0.486. The van der Waals surface area contributed by atoms with E-state index < -0.39 is 33.4 Å². The summed E-state index contributed by atoms with van der Waals surface area (Å²) < 4.78 is -1.29. The topological polar surface area (TPSA) is 81.2 Å². The Bertz CT molecular complexity index is 1400. The number of rotatable bonds is 14. The van der Waals surface area contributed by atoms with Gasteiger partial charge in [-0.25, -0.2) is 0 Å². The highest BCUT2D eigenvalue weighted by Crippen LogP contribution is 2.72. The van der Waals surface area contributed by atoms with E-state index in [1.165, 1.54) is 0 Å². The van der Waals surface area contributed by atoms with Crippen LogP contribution in [0, 0.1) is 11.8 Å². The number of aliphatic hydroxyl groups is 1. The van der Waals surface area contributed by atoms with Gasteiger partial charge in [-0.2, -0.15) is 0 Å². The first-order valence-corrected chi connectivity index (χ1v) is 17.0. The van der Waals surface area contributed by atoms with Crippen molar-refractivity contribution in [2.45, 2.75) is 80.6 Å². The number of fused-ring (bicyclic) bond motifs is 1. The Morgan fingerprint density at radius 2 is 1.69 bits per heavy atom. The van der Waals surface area contributed by atoms with Crippen LogP contribution in [0.1, 0.15) is 63.6 Å². The quantitative estimate of drug-likeness (QED) is 0.275. The van der Waals surface area contributed by atoms with Crippen LogP contribution in [-0.2, 0) is 20.9 Å². The van der Waals surface area contributed by atoms with Gasteiger partial charge in [0.05, 0.1) is 29.2 Å². The highest BCUT2D eigenvalue weighted by atomic mass is 32.2.